The molecule has 0 spiro atoms. The molecule has 4 aliphatic rings. The lowest BCUT2D eigenvalue weighted by atomic mass is 9.63. The number of carbonyl (C=O) groups excluding carboxylic acids is 3. The van der Waals surface area contributed by atoms with Crippen LogP contribution in [0.2, 0.25) is 0 Å². The van der Waals surface area contributed by atoms with E-state index < -0.39 is 6.03 Å². The van der Waals surface area contributed by atoms with E-state index in [-0.39, 0.29) is 42.2 Å². The fourth-order valence-electron chi connectivity index (χ4n) is 3.81. The molecule has 5 rings (SSSR count). The number of allylic oxidation sites excluding steroid dienone is 2. The van der Waals surface area contributed by atoms with E-state index in [4.69, 9.17) is 0 Å². The number of carbonyl (C=O) groups is 3. The molecule has 1 saturated heterocycles. The molecule has 2 bridgehead atoms. The first kappa shape index (κ1) is 14.3. The zero-order valence-electron chi connectivity index (χ0n) is 12.1. The van der Waals surface area contributed by atoms with Crippen LogP contribution >= 0.6 is 11.3 Å². The highest BCUT2D eigenvalue weighted by Crippen LogP contribution is 2.49. The second-order valence-electron chi connectivity index (χ2n) is 5.98. The summed E-state index contributed by atoms with van der Waals surface area (Å²) in [5.74, 6) is -0.535. The minimum atomic E-state index is -0.515. The Labute approximate surface area is 135 Å². The summed E-state index contributed by atoms with van der Waals surface area (Å²) in [7, 11) is 0. The number of rotatable bonds is 3. The Morgan fingerprint density at radius 1 is 1.22 bits per heavy atom. The zero-order chi connectivity index (χ0) is 16.0. The summed E-state index contributed by atoms with van der Waals surface area (Å²) >= 11 is 1.19. The maximum absolute atomic E-state index is 12.5. The molecule has 1 aliphatic heterocycles. The van der Waals surface area contributed by atoms with Crippen LogP contribution in [0.4, 0.5) is 9.93 Å². The van der Waals surface area contributed by atoms with Gasteiger partial charge in [0, 0.05) is 0 Å². The van der Waals surface area contributed by atoms with Gasteiger partial charge < -0.3 is 5.32 Å². The smallest absolute Gasteiger partial charge is 0.320 e. The molecule has 0 aromatic carbocycles. The van der Waals surface area contributed by atoms with Crippen molar-refractivity contribution in [2.24, 2.45) is 23.7 Å². The van der Waals surface area contributed by atoms with Crippen LogP contribution in [-0.4, -0.2) is 39.6 Å². The molecule has 0 radical (unpaired) electrons. The van der Waals surface area contributed by atoms with Crippen molar-refractivity contribution in [2.75, 3.05) is 12.0 Å². The molecule has 120 valence electrons. The Kier molecular flexibility index (Phi) is 3.37. The molecule has 4 atom stereocenters. The second-order valence-corrected chi connectivity index (χ2v) is 6.81. The number of nitrogens with one attached hydrogen (secondary N) is 2. The number of likely N-dealkylation sites (tertiary alicyclic amines) is 1. The van der Waals surface area contributed by atoms with Crippen molar-refractivity contribution in [1.82, 2.24) is 20.4 Å². The van der Waals surface area contributed by atoms with Crippen molar-refractivity contribution in [1.29, 1.82) is 0 Å². The Balaban J connectivity index is 1.41. The third-order valence-electron chi connectivity index (χ3n) is 4.83. The van der Waals surface area contributed by atoms with Gasteiger partial charge in [-0.3, -0.25) is 19.8 Å². The first-order chi connectivity index (χ1) is 11.1. The number of fused-ring (bicyclic) bond motifs is 1. The number of hydrogen-bond donors (Lipinski definition) is 2. The van der Waals surface area contributed by atoms with Gasteiger partial charge in [0.25, 0.3) is 0 Å². The monoisotopic (exact) mass is 333 g/mol. The molecule has 2 fully saturated rings. The molecular weight excluding hydrogens is 318 g/mol. The van der Waals surface area contributed by atoms with Crippen LogP contribution < -0.4 is 10.6 Å². The molecule has 0 unspecified atom stereocenters. The Bertz CT molecular complexity index is 657. The summed E-state index contributed by atoms with van der Waals surface area (Å²) in [6.45, 7) is -0.116. The average molecular weight is 333 g/mol. The van der Waals surface area contributed by atoms with Crippen molar-refractivity contribution in [3.05, 3.63) is 17.7 Å². The highest BCUT2D eigenvalue weighted by atomic mass is 32.1. The van der Waals surface area contributed by atoms with Crippen LogP contribution in [0.15, 0.2) is 17.7 Å². The number of hydrogen-bond acceptors (Lipinski definition) is 6. The molecule has 3 aliphatic carbocycles. The van der Waals surface area contributed by atoms with E-state index in [0.717, 1.165) is 12.8 Å². The molecule has 2 N–H and O–H groups in total. The van der Waals surface area contributed by atoms with Crippen molar-refractivity contribution in [3.63, 3.8) is 0 Å². The van der Waals surface area contributed by atoms with Crippen LogP contribution in [0.1, 0.15) is 12.8 Å². The van der Waals surface area contributed by atoms with E-state index in [9.17, 15) is 14.4 Å². The van der Waals surface area contributed by atoms with Crippen LogP contribution in [0, 0.1) is 23.7 Å². The standard InChI is InChI=1S/C14H15N5O3S/c20-11-9-7-1-2-8(4-3-7)10(9)12(21)19(11)5-15-13(22)17-14-18-16-6-23-14/h1-2,6-10H,3-5H2,(H2,15,17,18,22)/t7-,8-,9-,10-/m0/s1. The molecule has 1 aromatic heterocycles. The summed E-state index contributed by atoms with van der Waals surface area (Å²) in [5.41, 5.74) is 1.50. The molecular formula is C14H15N5O3S. The topological polar surface area (TPSA) is 104 Å². The van der Waals surface area contributed by atoms with Crippen molar-refractivity contribution >= 4 is 34.3 Å². The number of aromatic nitrogens is 2. The molecule has 1 aromatic rings. The van der Waals surface area contributed by atoms with Gasteiger partial charge in [0.15, 0.2) is 0 Å². The van der Waals surface area contributed by atoms with Crippen LogP contribution in [0.25, 0.3) is 0 Å². The first-order valence-corrected chi connectivity index (χ1v) is 8.37. The number of anilines is 1. The van der Waals surface area contributed by atoms with Gasteiger partial charge in [0.2, 0.25) is 16.9 Å². The SMILES string of the molecule is O=C(NCN1C(=O)[C@@H]2[C@@H](C1=O)[C@H]1C=C[C@H]2CC1)Nc1nncs1. The van der Waals surface area contributed by atoms with Crippen LogP contribution in [-0.2, 0) is 9.59 Å². The molecule has 9 heteroatoms. The minimum Gasteiger partial charge on any atom is -0.320 e. The van der Waals surface area contributed by atoms with Gasteiger partial charge in [-0.2, -0.15) is 0 Å². The largest absolute Gasteiger partial charge is 0.322 e. The highest BCUT2D eigenvalue weighted by molar-refractivity contribution is 7.13. The highest BCUT2D eigenvalue weighted by Gasteiger charge is 2.56. The molecule has 8 nitrogen and oxygen atoms in total. The summed E-state index contributed by atoms with van der Waals surface area (Å²) < 4.78 is 0. The van der Waals surface area contributed by atoms with Crippen molar-refractivity contribution < 1.29 is 14.4 Å². The van der Waals surface area contributed by atoms with Crippen molar-refractivity contribution in [3.8, 4) is 0 Å². The third-order valence-corrected chi connectivity index (χ3v) is 5.44. The lowest BCUT2D eigenvalue weighted by Crippen LogP contribution is -2.43. The fourth-order valence-corrected chi connectivity index (χ4v) is 4.25. The second kappa shape index (κ2) is 5.41. The zero-order valence-corrected chi connectivity index (χ0v) is 13.0. The average Bonchev–Trinajstić information content (AvgIpc) is 3.16. The Hall–Kier alpha value is -2.29. The summed E-state index contributed by atoms with van der Waals surface area (Å²) in [6, 6.07) is -0.515. The van der Waals surface area contributed by atoms with E-state index in [1.807, 2.05) is 0 Å². The molecule has 4 amide bonds. The lowest BCUT2D eigenvalue weighted by Gasteiger charge is -2.38. The van der Waals surface area contributed by atoms with E-state index in [1.165, 1.54) is 21.7 Å². The quantitative estimate of drug-likeness (QED) is 0.629. The van der Waals surface area contributed by atoms with E-state index in [0.29, 0.717) is 5.13 Å². The number of urea groups is 1. The van der Waals surface area contributed by atoms with Crippen LogP contribution in [0.5, 0.6) is 0 Å². The molecule has 1 saturated carbocycles. The van der Waals surface area contributed by atoms with E-state index >= 15 is 0 Å². The maximum atomic E-state index is 12.5. The number of imide groups is 1. The maximum Gasteiger partial charge on any atom is 0.322 e. The van der Waals surface area contributed by atoms with Gasteiger partial charge in [-0.05, 0) is 24.7 Å². The first-order valence-electron chi connectivity index (χ1n) is 7.49. The van der Waals surface area contributed by atoms with E-state index in [2.05, 4.69) is 33.0 Å². The summed E-state index contributed by atoms with van der Waals surface area (Å²) in [4.78, 5) is 38.1. The normalized spacial score (nSPS) is 31.4. The minimum absolute atomic E-state index is 0.116. The van der Waals surface area contributed by atoms with Gasteiger partial charge in [-0.25, -0.2) is 4.79 Å². The van der Waals surface area contributed by atoms with Gasteiger partial charge in [0.05, 0.1) is 11.8 Å². The predicted molar refractivity (Wildman–Crippen MR) is 81.1 cm³/mol. The fraction of sp³-hybridized carbons (Fsp3) is 0.500. The molecule has 2 heterocycles. The number of nitrogens with zero attached hydrogens (tertiary/aromatic N) is 3. The van der Waals surface area contributed by atoms with Crippen molar-refractivity contribution in [2.45, 2.75) is 12.8 Å². The van der Waals surface area contributed by atoms with E-state index in [1.54, 1.807) is 0 Å². The summed E-state index contributed by atoms with van der Waals surface area (Å²) in [5, 5.41) is 12.7. The van der Waals surface area contributed by atoms with Crippen LogP contribution in [0.3, 0.4) is 0 Å². The third kappa shape index (κ3) is 2.31. The van der Waals surface area contributed by atoms with Gasteiger partial charge >= 0.3 is 6.03 Å². The number of amides is 4. The van der Waals surface area contributed by atoms with Gasteiger partial charge in [0.1, 0.15) is 12.2 Å². The summed E-state index contributed by atoms with van der Waals surface area (Å²) in [6.07, 6.45) is 6.06. The van der Waals surface area contributed by atoms with Gasteiger partial charge in [-0.1, -0.05) is 23.5 Å². The van der Waals surface area contributed by atoms with Gasteiger partial charge in [-0.15, -0.1) is 10.2 Å². The Morgan fingerprint density at radius 3 is 2.39 bits per heavy atom. The Morgan fingerprint density at radius 2 is 1.87 bits per heavy atom. The predicted octanol–water partition coefficient (Wildman–Crippen LogP) is 0.814. The molecule has 23 heavy (non-hydrogen) atoms. The lowest BCUT2D eigenvalue weighted by molar-refractivity contribution is -0.140.